The predicted molar refractivity (Wildman–Crippen MR) is 82.6 cm³/mol. The average Bonchev–Trinajstić information content (AvgIpc) is 2.51. The maximum Gasteiger partial charge on any atom is 0.336 e. The van der Waals surface area contributed by atoms with Gasteiger partial charge in [0.05, 0.1) is 19.8 Å². The van der Waals surface area contributed by atoms with E-state index >= 15 is 0 Å². The zero-order valence-corrected chi connectivity index (χ0v) is 12.6. The van der Waals surface area contributed by atoms with E-state index in [2.05, 4.69) is 6.92 Å². The first-order valence-corrected chi connectivity index (χ1v) is 7.03. The second-order valence-electron chi connectivity index (χ2n) is 4.93. The minimum atomic E-state index is -0.927. The van der Waals surface area contributed by atoms with Gasteiger partial charge in [0.15, 0.2) is 0 Å². The van der Waals surface area contributed by atoms with E-state index in [1.807, 2.05) is 18.2 Å². The van der Waals surface area contributed by atoms with E-state index in [1.165, 1.54) is 0 Å². The summed E-state index contributed by atoms with van der Waals surface area (Å²) in [5.74, 6) is 0.360. The van der Waals surface area contributed by atoms with Crippen LogP contribution in [0.15, 0.2) is 24.3 Å². The summed E-state index contributed by atoms with van der Waals surface area (Å²) < 4.78 is 10.6. The summed E-state index contributed by atoms with van der Waals surface area (Å²) in [6.45, 7) is 2.09. The van der Waals surface area contributed by atoms with Crippen LogP contribution in [0.5, 0.6) is 11.5 Å². The van der Waals surface area contributed by atoms with Gasteiger partial charge in [-0.05, 0) is 48.1 Å². The number of carbonyl (C=O) groups is 1. The van der Waals surface area contributed by atoms with Gasteiger partial charge in [0.2, 0.25) is 0 Å². The first-order chi connectivity index (χ1) is 10.1. The Bertz CT molecular complexity index is 661. The summed E-state index contributed by atoms with van der Waals surface area (Å²) >= 11 is 0. The molecule has 4 nitrogen and oxygen atoms in total. The Morgan fingerprint density at radius 3 is 2.48 bits per heavy atom. The third-order valence-electron chi connectivity index (χ3n) is 3.65. The van der Waals surface area contributed by atoms with Crippen LogP contribution in [0.3, 0.4) is 0 Å². The molecule has 2 aromatic rings. The highest BCUT2D eigenvalue weighted by Gasteiger charge is 2.17. The van der Waals surface area contributed by atoms with Gasteiger partial charge in [-0.25, -0.2) is 4.79 Å². The number of ether oxygens (including phenoxy) is 2. The van der Waals surface area contributed by atoms with Crippen LogP contribution >= 0.6 is 0 Å². The smallest absolute Gasteiger partial charge is 0.336 e. The van der Waals surface area contributed by atoms with Gasteiger partial charge in [-0.15, -0.1) is 0 Å². The maximum absolute atomic E-state index is 11.6. The highest BCUT2D eigenvalue weighted by Crippen LogP contribution is 2.35. The summed E-state index contributed by atoms with van der Waals surface area (Å²) in [4.78, 5) is 11.6. The monoisotopic (exact) mass is 288 g/mol. The van der Waals surface area contributed by atoms with Gasteiger partial charge in [-0.3, -0.25) is 0 Å². The number of unbranched alkanes of at least 4 members (excludes halogenated alkanes) is 1. The van der Waals surface area contributed by atoms with Crippen LogP contribution in [0.1, 0.15) is 35.7 Å². The van der Waals surface area contributed by atoms with Gasteiger partial charge < -0.3 is 14.6 Å². The van der Waals surface area contributed by atoms with Crippen LogP contribution < -0.4 is 9.47 Å². The minimum absolute atomic E-state index is 0.307. The highest BCUT2D eigenvalue weighted by molar-refractivity contribution is 6.01. The lowest BCUT2D eigenvalue weighted by molar-refractivity contribution is 0.0695. The number of aryl methyl sites for hydroxylation is 1. The molecule has 0 spiro atoms. The number of carboxylic acid groups (broad SMARTS) is 1. The second kappa shape index (κ2) is 6.48. The molecule has 0 aliphatic rings. The molecule has 0 unspecified atom stereocenters. The maximum atomic E-state index is 11.6. The van der Waals surface area contributed by atoms with Crippen LogP contribution in [0.25, 0.3) is 10.8 Å². The molecule has 21 heavy (non-hydrogen) atoms. The molecule has 0 aromatic heterocycles. The van der Waals surface area contributed by atoms with Crippen molar-refractivity contribution < 1.29 is 19.4 Å². The van der Waals surface area contributed by atoms with Gasteiger partial charge >= 0.3 is 5.97 Å². The number of aromatic carboxylic acids is 1. The zero-order valence-electron chi connectivity index (χ0n) is 12.6. The third-order valence-corrected chi connectivity index (χ3v) is 3.65. The largest absolute Gasteiger partial charge is 0.497 e. The Morgan fingerprint density at radius 2 is 1.90 bits per heavy atom. The van der Waals surface area contributed by atoms with Crippen molar-refractivity contribution in [2.45, 2.75) is 26.2 Å². The summed E-state index contributed by atoms with van der Waals surface area (Å²) in [5, 5.41) is 11.3. The topological polar surface area (TPSA) is 55.8 Å². The van der Waals surface area contributed by atoms with Gasteiger partial charge in [0.25, 0.3) is 0 Å². The molecule has 4 heteroatoms. The molecule has 0 atom stereocenters. The number of methoxy groups -OCH3 is 2. The summed E-state index contributed by atoms with van der Waals surface area (Å²) in [7, 11) is 3.15. The van der Waals surface area contributed by atoms with Crippen LogP contribution in [0.2, 0.25) is 0 Å². The molecule has 0 bridgehead atoms. The lowest BCUT2D eigenvalue weighted by Gasteiger charge is -2.15. The SMILES string of the molecule is CCCCc1c(C(=O)O)cc(OC)c2ccc(OC)cc12. The molecule has 0 heterocycles. The quantitative estimate of drug-likeness (QED) is 0.876. The van der Waals surface area contributed by atoms with Crippen molar-refractivity contribution in [3.63, 3.8) is 0 Å². The van der Waals surface area contributed by atoms with Crippen molar-refractivity contribution in [2.75, 3.05) is 14.2 Å². The number of benzene rings is 2. The van der Waals surface area contributed by atoms with E-state index in [9.17, 15) is 9.90 Å². The van der Waals surface area contributed by atoms with Crippen LogP contribution in [-0.4, -0.2) is 25.3 Å². The van der Waals surface area contributed by atoms with Crippen molar-refractivity contribution >= 4 is 16.7 Å². The van der Waals surface area contributed by atoms with E-state index in [1.54, 1.807) is 20.3 Å². The number of hydrogen-bond acceptors (Lipinski definition) is 3. The number of hydrogen-bond donors (Lipinski definition) is 1. The summed E-state index contributed by atoms with van der Waals surface area (Å²) in [6, 6.07) is 7.26. The summed E-state index contributed by atoms with van der Waals surface area (Å²) in [6.07, 6.45) is 2.68. The molecular formula is C17H20O4. The van der Waals surface area contributed by atoms with Crippen molar-refractivity contribution in [3.8, 4) is 11.5 Å². The zero-order chi connectivity index (χ0) is 15.4. The van der Waals surface area contributed by atoms with Crippen LogP contribution in [-0.2, 0) is 6.42 Å². The van der Waals surface area contributed by atoms with Crippen molar-refractivity contribution in [2.24, 2.45) is 0 Å². The molecule has 0 saturated heterocycles. The fraction of sp³-hybridized carbons (Fsp3) is 0.353. The molecule has 1 N–H and O–H groups in total. The Morgan fingerprint density at radius 1 is 1.14 bits per heavy atom. The first kappa shape index (κ1) is 15.2. The molecular weight excluding hydrogens is 268 g/mol. The Kier molecular flexibility index (Phi) is 4.68. The van der Waals surface area contributed by atoms with Gasteiger partial charge in [-0.2, -0.15) is 0 Å². The third kappa shape index (κ3) is 2.94. The fourth-order valence-corrected chi connectivity index (χ4v) is 2.54. The molecule has 2 aromatic carbocycles. The lowest BCUT2D eigenvalue weighted by Crippen LogP contribution is -2.05. The number of carboxylic acids is 1. The molecule has 0 aliphatic heterocycles. The average molecular weight is 288 g/mol. The van der Waals surface area contributed by atoms with E-state index < -0.39 is 5.97 Å². The normalized spacial score (nSPS) is 10.6. The van der Waals surface area contributed by atoms with Gasteiger partial charge in [0, 0.05) is 5.39 Å². The lowest BCUT2D eigenvalue weighted by atomic mass is 9.94. The number of rotatable bonds is 6. The van der Waals surface area contributed by atoms with Crippen molar-refractivity contribution in [1.29, 1.82) is 0 Å². The van der Waals surface area contributed by atoms with Crippen LogP contribution in [0.4, 0.5) is 0 Å². The second-order valence-corrected chi connectivity index (χ2v) is 4.93. The van der Waals surface area contributed by atoms with Crippen molar-refractivity contribution in [1.82, 2.24) is 0 Å². The Labute approximate surface area is 124 Å². The number of fused-ring (bicyclic) bond motifs is 1. The highest BCUT2D eigenvalue weighted by atomic mass is 16.5. The Hall–Kier alpha value is -2.23. The molecule has 0 saturated carbocycles. The summed E-state index contributed by atoms with van der Waals surface area (Å²) in [5.41, 5.74) is 1.15. The first-order valence-electron chi connectivity index (χ1n) is 7.03. The standard InChI is InChI=1S/C17H20O4/c1-4-5-6-12-14-9-11(20-2)7-8-13(14)16(21-3)10-15(12)17(18)19/h7-10H,4-6H2,1-3H3,(H,18,19). The van der Waals surface area contributed by atoms with Crippen LogP contribution in [0, 0.1) is 0 Å². The van der Waals surface area contributed by atoms with E-state index in [0.717, 1.165) is 35.6 Å². The minimum Gasteiger partial charge on any atom is -0.497 e. The molecule has 0 amide bonds. The molecule has 2 rings (SSSR count). The molecule has 112 valence electrons. The fourth-order valence-electron chi connectivity index (χ4n) is 2.54. The van der Waals surface area contributed by atoms with Gasteiger partial charge in [0.1, 0.15) is 11.5 Å². The predicted octanol–water partition coefficient (Wildman–Crippen LogP) is 3.90. The van der Waals surface area contributed by atoms with Crippen molar-refractivity contribution in [3.05, 3.63) is 35.4 Å². The molecule has 0 fully saturated rings. The molecule has 0 radical (unpaired) electrons. The molecule has 0 aliphatic carbocycles. The Balaban J connectivity index is 2.77. The van der Waals surface area contributed by atoms with Gasteiger partial charge in [-0.1, -0.05) is 13.3 Å². The van der Waals surface area contributed by atoms with E-state index in [4.69, 9.17) is 9.47 Å². The van der Waals surface area contributed by atoms with E-state index in [-0.39, 0.29) is 0 Å². The van der Waals surface area contributed by atoms with E-state index in [0.29, 0.717) is 17.1 Å².